The van der Waals surface area contributed by atoms with Crippen molar-refractivity contribution >= 4 is 28.2 Å². The molecule has 1 N–H and O–H groups in total. The van der Waals surface area contributed by atoms with Gasteiger partial charge in [-0.25, -0.2) is 0 Å². The third-order valence-electron chi connectivity index (χ3n) is 4.58. The zero-order chi connectivity index (χ0) is 17.6. The van der Waals surface area contributed by atoms with Gasteiger partial charge in [0.15, 0.2) is 0 Å². The standard InChI is InChI=1S/C17H22N4O3S/c18-12-13-4-11-25-16(13)19-15(22)3-5-20-6-8-21(9-7-20)17(23)14-2-1-10-24-14/h4,11,14H,1-3,5-10H2,(H,19,22). The first kappa shape index (κ1) is 17.9. The summed E-state index contributed by atoms with van der Waals surface area (Å²) in [5, 5.41) is 14.2. The van der Waals surface area contributed by atoms with Crippen molar-refractivity contribution in [1.82, 2.24) is 9.80 Å². The monoisotopic (exact) mass is 362 g/mol. The maximum absolute atomic E-state index is 12.3. The van der Waals surface area contributed by atoms with Crippen LogP contribution in [-0.2, 0) is 14.3 Å². The molecule has 0 saturated carbocycles. The number of nitrogens with zero attached hydrogens (tertiary/aromatic N) is 3. The van der Waals surface area contributed by atoms with Gasteiger partial charge in [0.2, 0.25) is 5.91 Å². The van der Waals surface area contributed by atoms with Crippen LogP contribution >= 0.6 is 11.3 Å². The maximum atomic E-state index is 12.3. The van der Waals surface area contributed by atoms with E-state index in [1.54, 1.807) is 11.4 Å². The molecule has 2 aliphatic heterocycles. The first-order chi connectivity index (χ1) is 12.2. The molecule has 3 heterocycles. The van der Waals surface area contributed by atoms with Gasteiger partial charge < -0.3 is 15.0 Å². The number of carbonyl (C=O) groups is 2. The van der Waals surface area contributed by atoms with Crippen molar-refractivity contribution in [2.24, 2.45) is 0 Å². The number of anilines is 1. The zero-order valence-corrected chi connectivity index (χ0v) is 14.9. The molecule has 0 aliphatic carbocycles. The molecule has 1 aromatic heterocycles. The number of thiophene rings is 1. The Morgan fingerprint density at radius 2 is 2.16 bits per heavy atom. The van der Waals surface area contributed by atoms with Crippen molar-refractivity contribution < 1.29 is 14.3 Å². The molecule has 25 heavy (non-hydrogen) atoms. The Balaban J connectivity index is 1.38. The number of nitrogens with one attached hydrogen (secondary N) is 1. The van der Waals surface area contributed by atoms with Crippen molar-refractivity contribution in [3.63, 3.8) is 0 Å². The number of amides is 2. The Bertz CT molecular complexity index is 655. The normalized spacial score (nSPS) is 21.1. The molecule has 8 heteroatoms. The van der Waals surface area contributed by atoms with E-state index in [1.165, 1.54) is 11.3 Å². The van der Waals surface area contributed by atoms with Gasteiger partial charge in [0, 0.05) is 45.8 Å². The number of hydrogen-bond acceptors (Lipinski definition) is 6. The fraction of sp³-hybridized carbons (Fsp3) is 0.588. The first-order valence-electron chi connectivity index (χ1n) is 8.57. The Morgan fingerprint density at radius 3 is 2.84 bits per heavy atom. The fourth-order valence-corrected chi connectivity index (χ4v) is 3.86. The Morgan fingerprint density at radius 1 is 1.36 bits per heavy atom. The van der Waals surface area contributed by atoms with Crippen LogP contribution in [0, 0.1) is 11.3 Å². The van der Waals surface area contributed by atoms with Crippen molar-refractivity contribution in [2.75, 3.05) is 44.6 Å². The molecule has 1 atom stereocenters. The third kappa shape index (κ3) is 4.57. The summed E-state index contributed by atoms with van der Waals surface area (Å²) in [6.07, 6.45) is 1.91. The Kier molecular flexibility index (Phi) is 6.02. The molecule has 1 unspecified atom stereocenters. The van der Waals surface area contributed by atoms with E-state index in [-0.39, 0.29) is 17.9 Å². The summed E-state index contributed by atoms with van der Waals surface area (Å²) >= 11 is 1.36. The van der Waals surface area contributed by atoms with Crippen LogP contribution < -0.4 is 5.32 Å². The number of piperazine rings is 1. The summed E-state index contributed by atoms with van der Waals surface area (Å²) in [7, 11) is 0. The van der Waals surface area contributed by atoms with Gasteiger partial charge in [0.05, 0.1) is 5.56 Å². The topological polar surface area (TPSA) is 85.7 Å². The average Bonchev–Trinajstić information content (AvgIpc) is 3.31. The number of nitriles is 1. The zero-order valence-electron chi connectivity index (χ0n) is 14.1. The van der Waals surface area contributed by atoms with Crippen LogP contribution in [0.3, 0.4) is 0 Å². The van der Waals surface area contributed by atoms with Gasteiger partial charge in [-0.2, -0.15) is 5.26 Å². The third-order valence-corrected chi connectivity index (χ3v) is 5.41. The summed E-state index contributed by atoms with van der Waals surface area (Å²) in [6, 6.07) is 3.76. The van der Waals surface area contributed by atoms with Crippen molar-refractivity contribution in [3.05, 3.63) is 17.0 Å². The van der Waals surface area contributed by atoms with Crippen LogP contribution in [0.2, 0.25) is 0 Å². The molecular weight excluding hydrogens is 340 g/mol. The van der Waals surface area contributed by atoms with E-state index in [9.17, 15) is 9.59 Å². The molecule has 0 spiro atoms. The van der Waals surface area contributed by atoms with E-state index in [2.05, 4.69) is 16.3 Å². The molecule has 0 bridgehead atoms. The molecule has 0 aromatic carbocycles. The Labute approximate surface area is 151 Å². The predicted molar refractivity (Wildman–Crippen MR) is 94.3 cm³/mol. The lowest BCUT2D eigenvalue weighted by atomic mass is 10.2. The summed E-state index contributed by atoms with van der Waals surface area (Å²) in [6.45, 7) is 4.25. The van der Waals surface area contributed by atoms with Crippen LogP contribution in [0.4, 0.5) is 5.00 Å². The van der Waals surface area contributed by atoms with Gasteiger partial charge >= 0.3 is 0 Å². The summed E-state index contributed by atoms with van der Waals surface area (Å²) in [5.41, 5.74) is 0.500. The molecule has 0 radical (unpaired) electrons. The molecule has 1 aromatic rings. The van der Waals surface area contributed by atoms with Gasteiger partial charge in [0.1, 0.15) is 17.2 Å². The van der Waals surface area contributed by atoms with Crippen molar-refractivity contribution in [2.45, 2.75) is 25.4 Å². The Hall–Kier alpha value is -1.95. The average molecular weight is 362 g/mol. The quantitative estimate of drug-likeness (QED) is 0.853. The minimum atomic E-state index is -0.252. The molecule has 2 saturated heterocycles. The van der Waals surface area contributed by atoms with E-state index in [1.807, 2.05) is 4.90 Å². The van der Waals surface area contributed by atoms with E-state index in [0.29, 0.717) is 43.2 Å². The van der Waals surface area contributed by atoms with Gasteiger partial charge in [-0.3, -0.25) is 14.5 Å². The molecule has 2 amide bonds. The van der Waals surface area contributed by atoms with Gasteiger partial charge in [-0.05, 0) is 24.3 Å². The fourth-order valence-electron chi connectivity index (χ4n) is 3.11. The molecular formula is C17H22N4O3S. The van der Waals surface area contributed by atoms with Crippen LogP contribution in [0.15, 0.2) is 11.4 Å². The van der Waals surface area contributed by atoms with Crippen LogP contribution in [0.5, 0.6) is 0 Å². The highest BCUT2D eigenvalue weighted by Gasteiger charge is 2.30. The molecule has 7 nitrogen and oxygen atoms in total. The van der Waals surface area contributed by atoms with Crippen LogP contribution in [0.25, 0.3) is 0 Å². The number of carbonyl (C=O) groups excluding carboxylic acids is 2. The molecule has 3 rings (SSSR count). The van der Waals surface area contributed by atoms with E-state index >= 15 is 0 Å². The van der Waals surface area contributed by atoms with E-state index < -0.39 is 0 Å². The smallest absolute Gasteiger partial charge is 0.251 e. The lowest BCUT2D eigenvalue weighted by molar-refractivity contribution is -0.142. The van der Waals surface area contributed by atoms with E-state index in [4.69, 9.17) is 10.00 Å². The van der Waals surface area contributed by atoms with Crippen molar-refractivity contribution in [1.29, 1.82) is 5.26 Å². The number of ether oxygens (including phenoxy) is 1. The minimum Gasteiger partial charge on any atom is -0.368 e. The van der Waals surface area contributed by atoms with Gasteiger partial charge in [-0.15, -0.1) is 11.3 Å². The maximum Gasteiger partial charge on any atom is 0.251 e. The molecule has 2 fully saturated rings. The highest BCUT2D eigenvalue weighted by atomic mass is 32.1. The van der Waals surface area contributed by atoms with Crippen molar-refractivity contribution in [3.8, 4) is 6.07 Å². The highest BCUT2D eigenvalue weighted by molar-refractivity contribution is 7.14. The second-order valence-corrected chi connectivity index (χ2v) is 7.16. The first-order valence-corrected chi connectivity index (χ1v) is 9.45. The summed E-state index contributed by atoms with van der Waals surface area (Å²) in [4.78, 5) is 28.4. The van der Waals surface area contributed by atoms with E-state index in [0.717, 1.165) is 25.9 Å². The SMILES string of the molecule is N#Cc1ccsc1NC(=O)CCN1CCN(C(=O)C2CCCO2)CC1. The van der Waals surface area contributed by atoms with Crippen LogP contribution in [0.1, 0.15) is 24.8 Å². The lowest BCUT2D eigenvalue weighted by Crippen LogP contribution is -2.51. The lowest BCUT2D eigenvalue weighted by Gasteiger charge is -2.35. The summed E-state index contributed by atoms with van der Waals surface area (Å²) < 4.78 is 5.46. The number of rotatable bonds is 5. The predicted octanol–water partition coefficient (Wildman–Crippen LogP) is 1.27. The van der Waals surface area contributed by atoms with Crippen LogP contribution in [-0.4, -0.2) is 67.0 Å². The molecule has 2 aliphatic rings. The highest BCUT2D eigenvalue weighted by Crippen LogP contribution is 2.22. The molecule has 134 valence electrons. The number of hydrogen-bond donors (Lipinski definition) is 1. The second kappa shape index (κ2) is 8.43. The van der Waals surface area contributed by atoms with Gasteiger partial charge in [-0.1, -0.05) is 0 Å². The largest absolute Gasteiger partial charge is 0.368 e. The minimum absolute atomic E-state index is 0.0863. The second-order valence-electron chi connectivity index (χ2n) is 6.24. The van der Waals surface area contributed by atoms with Gasteiger partial charge in [0.25, 0.3) is 5.91 Å². The summed E-state index contributed by atoms with van der Waals surface area (Å²) in [5.74, 6) is 0.0217.